The van der Waals surface area contributed by atoms with Crippen molar-refractivity contribution >= 4 is 46.0 Å². The van der Waals surface area contributed by atoms with E-state index in [-0.39, 0.29) is 22.6 Å². The molecule has 0 saturated carbocycles. The quantitative estimate of drug-likeness (QED) is 0.410. The summed E-state index contributed by atoms with van der Waals surface area (Å²) in [6.07, 6.45) is 0. The summed E-state index contributed by atoms with van der Waals surface area (Å²) >= 11 is 0. The minimum Gasteiger partial charge on any atom is -0.322 e. The summed E-state index contributed by atoms with van der Waals surface area (Å²) in [4.78, 5) is 25.9. The van der Waals surface area contributed by atoms with E-state index in [9.17, 15) is 9.59 Å². The van der Waals surface area contributed by atoms with Crippen molar-refractivity contribution in [1.29, 1.82) is 0 Å². The van der Waals surface area contributed by atoms with Crippen molar-refractivity contribution in [2.45, 2.75) is 52.4 Å². The van der Waals surface area contributed by atoms with Gasteiger partial charge in [-0.15, -0.1) is 0 Å². The molecule has 2 aliphatic heterocycles. The van der Waals surface area contributed by atoms with Crippen LogP contribution in [0.1, 0.15) is 73.4 Å². The molecule has 5 rings (SSSR count). The van der Waals surface area contributed by atoms with Gasteiger partial charge in [0, 0.05) is 59.6 Å². The molecule has 0 saturated heterocycles. The van der Waals surface area contributed by atoms with Crippen LogP contribution in [-0.2, 0) is 10.8 Å². The molecule has 6 heteroatoms. The van der Waals surface area contributed by atoms with Crippen LogP contribution in [0.4, 0.5) is 22.7 Å². The molecule has 0 aliphatic carbocycles. The number of amides is 2. The third kappa shape index (κ3) is 3.95. The molecule has 0 spiro atoms. The average molecular weight is 509 g/mol. The van der Waals surface area contributed by atoms with Crippen molar-refractivity contribution < 1.29 is 18.7 Å². The van der Waals surface area contributed by atoms with E-state index in [1.807, 2.05) is 24.3 Å². The van der Waals surface area contributed by atoms with E-state index in [4.69, 9.17) is 0 Å². The van der Waals surface area contributed by atoms with Crippen LogP contribution in [0.2, 0.25) is 0 Å². The highest BCUT2D eigenvalue weighted by Gasteiger charge is 2.42. The van der Waals surface area contributed by atoms with Crippen LogP contribution in [-0.4, -0.2) is 46.5 Å². The number of carbonyl (C=O) groups is 2. The van der Waals surface area contributed by atoms with Crippen molar-refractivity contribution in [2.75, 3.05) is 24.7 Å². The second-order valence-electron chi connectivity index (χ2n) is 11.5. The fourth-order valence-electron chi connectivity index (χ4n) is 5.58. The highest BCUT2D eigenvalue weighted by Crippen LogP contribution is 2.41. The zero-order valence-electron chi connectivity index (χ0n) is 23.5. The molecular formula is C32H36N4O2+2. The Kier molecular flexibility index (Phi) is 5.90. The van der Waals surface area contributed by atoms with Crippen molar-refractivity contribution in [3.8, 4) is 0 Å². The van der Waals surface area contributed by atoms with Crippen LogP contribution in [0.5, 0.6) is 0 Å². The zero-order valence-corrected chi connectivity index (χ0v) is 23.5. The summed E-state index contributed by atoms with van der Waals surface area (Å²) in [6, 6.07) is 18.8. The van der Waals surface area contributed by atoms with E-state index < -0.39 is 0 Å². The Balaban J connectivity index is 1.28. The first-order chi connectivity index (χ1) is 17.8. The highest BCUT2D eigenvalue weighted by atomic mass is 16.2. The Morgan fingerprint density at radius 1 is 0.605 bits per heavy atom. The van der Waals surface area contributed by atoms with Crippen LogP contribution >= 0.6 is 0 Å². The predicted molar refractivity (Wildman–Crippen MR) is 154 cm³/mol. The van der Waals surface area contributed by atoms with Crippen LogP contribution in [0.15, 0.2) is 60.7 Å². The Morgan fingerprint density at radius 2 is 0.947 bits per heavy atom. The number of nitrogens with zero attached hydrogens (tertiary/aromatic N) is 2. The van der Waals surface area contributed by atoms with Crippen molar-refractivity contribution in [3.05, 3.63) is 82.9 Å². The maximum atomic E-state index is 13.0. The second kappa shape index (κ2) is 8.76. The highest BCUT2D eigenvalue weighted by molar-refractivity contribution is 6.07. The van der Waals surface area contributed by atoms with Gasteiger partial charge in [-0.3, -0.25) is 9.59 Å². The molecule has 2 aliphatic rings. The molecular weight excluding hydrogens is 472 g/mol. The SMILES string of the molecule is CC1=[N+](C)c2ccc(NC(=O)c3ccc(C(=O)Nc4ccc5c(c4)C(C)(C)C(C)=[N+]5C)cc3)cc2C1(C)C. The van der Waals surface area contributed by atoms with Crippen LogP contribution in [0.3, 0.4) is 0 Å². The third-order valence-corrected chi connectivity index (χ3v) is 8.80. The van der Waals surface area contributed by atoms with E-state index in [1.54, 1.807) is 24.3 Å². The number of benzene rings is 3. The number of anilines is 2. The van der Waals surface area contributed by atoms with E-state index >= 15 is 0 Å². The minimum absolute atomic E-state index is 0.0958. The number of hydrogen-bond acceptors (Lipinski definition) is 2. The van der Waals surface area contributed by atoms with Crippen LogP contribution < -0.4 is 10.6 Å². The molecule has 0 unspecified atom stereocenters. The van der Waals surface area contributed by atoms with Gasteiger partial charge in [-0.2, -0.15) is 0 Å². The number of fused-ring (bicyclic) bond motifs is 2. The van der Waals surface area contributed by atoms with Gasteiger partial charge in [-0.1, -0.05) is 0 Å². The molecule has 2 amide bonds. The normalized spacial score (nSPS) is 16.8. The molecule has 0 atom stereocenters. The van der Waals surface area contributed by atoms with E-state index in [1.165, 1.54) is 22.6 Å². The van der Waals surface area contributed by atoms with E-state index in [2.05, 4.69) is 87.6 Å². The number of rotatable bonds is 4. The lowest BCUT2D eigenvalue weighted by Gasteiger charge is -2.16. The number of carbonyl (C=O) groups excluding carboxylic acids is 2. The molecule has 38 heavy (non-hydrogen) atoms. The number of hydrogen-bond donors (Lipinski definition) is 2. The largest absolute Gasteiger partial charge is 0.322 e. The van der Waals surface area contributed by atoms with E-state index in [0.29, 0.717) is 11.1 Å². The molecule has 0 fully saturated rings. The summed E-state index contributed by atoms with van der Waals surface area (Å²) < 4.78 is 4.40. The predicted octanol–water partition coefficient (Wildman–Crippen LogP) is 6.24. The number of nitrogens with one attached hydrogen (secondary N) is 2. The molecule has 3 aromatic rings. The summed E-state index contributed by atoms with van der Waals surface area (Å²) in [5.41, 5.74) is 9.55. The van der Waals surface area contributed by atoms with Gasteiger partial charge in [0.1, 0.15) is 14.1 Å². The molecule has 0 bridgehead atoms. The first kappa shape index (κ1) is 25.6. The van der Waals surface area contributed by atoms with Gasteiger partial charge in [-0.25, -0.2) is 9.15 Å². The third-order valence-electron chi connectivity index (χ3n) is 8.80. The van der Waals surface area contributed by atoms with Crippen molar-refractivity contribution in [3.63, 3.8) is 0 Å². The zero-order chi connectivity index (χ0) is 27.6. The molecule has 0 aromatic heterocycles. The fourth-order valence-corrected chi connectivity index (χ4v) is 5.58. The first-order valence-electron chi connectivity index (χ1n) is 13.0. The topological polar surface area (TPSA) is 64.2 Å². The Hall–Kier alpha value is -4.06. The van der Waals surface area contributed by atoms with Gasteiger partial charge in [0.05, 0.1) is 10.8 Å². The summed E-state index contributed by atoms with van der Waals surface area (Å²) in [6.45, 7) is 13.1. The molecule has 194 valence electrons. The van der Waals surface area contributed by atoms with E-state index in [0.717, 1.165) is 22.7 Å². The Bertz CT molecular complexity index is 1450. The van der Waals surface area contributed by atoms with Crippen molar-refractivity contribution in [1.82, 2.24) is 0 Å². The lowest BCUT2D eigenvalue weighted by Crippen LogP contribution is -2.25. The van der Waals surface area contributed by atoms with Crippen LogP contribution in [0.25, 0.3) is 0 Å². The van der Waals surface area contributed by atoms with Crippen molar-refractivity contribution in [2.24, 2.45) is 0 Å². The van der Waals surface area contributed by atoms with Gasteiger partial charge in [0.2, 0.25) is 11.4 Å². The Morgan fingerprint density at radius 3 is 1.29 bits per heavy atom. The fraction of sp³-hybridized carbons (Fsp3) is 0.312. The first-order valence-corrected chi connectivity index (χ1v) is 13.0. The summed E-state index contributed by atoms with van der Waals surface area (Å²) in [7, 11) is 4.14. The Labute approximate surface area is 224 Å². The van der Waals surface area contributed by atoms with Gasteiger partial charge >= 0.3 is 0 Å². The molecule has 2 heterocycles. The lowest BCUT2D eigenvalue weighted by molar-refractivity contribution is -0.403. The van der Waals surface area contributed by atoms with Gasteiger partial charge < -0.3 is 10.6 Å². The van der Waals surface area contributed by atoms with Crippen LogP contribution in [0, 0.1) is 0 Å². The summed E-state index contributed by atoms with van der Waals surface area (Å²) in [5.74, 6) is -0.420. The molecule has 3 aromatic carbocycles. The minimum atomic E-state index is -0.210. The maximum Gasteiger partial charge on any atom is 0.255 e. The maximum absolute atomic E-state index is 13.0. The average Bonchev–Trinajstić information content (AvgIpc) is 3.17. The monoisotopic (exact) mass is 508 g/mol. The van der Waals surface area contributed by atoms with Gasteiger partial charge in [0.15, 0.2) is 11.4 Å². The molecule has 2 N–H and O–H groups in total. The van der Waals surface area contributed by atoms with Gasteiger partial charge in [0.25, 0.3) is 11.8 Å². The summed E-state index contributed by atoms with van der Waals surface area (Å²) in [5, 5.41) is 6.02. The smallest absolute Gasteiger partial charge is 0.255 e. The molecule has 6 nitrogen and oxygen atoms in total. The second-order valence-corrected chi connectivity index (χ2v) is 11.5. The standard InChI is InChI=1S/C32H34N4O2/c1-19-31(3,4)25-17-23(13-15-27(25)35(19)7)33-29(37)21-9-11-22(12-10-21)30(38)34-24-14-16-28-26(18-24)32(5,6)20(2)36(28)8/h9-18H,1-8H3/p+2. The van der Waals surface area contributed by atoms with Gasteiger partial charge in [-0.05, 0) is 76.2 Å². The lowest BCUT2D eigenvalue weighted by atomic mass is 9.82. The molecule has 0 radical (unpaired) electrons.